The molecule has 3 N–H and O–H groups in total. The van der Waals surface area contributed by atoms with Crippen LogP contribution in [-0.2, 0) is 0 Å². The highest BCUT2D eigenvalue weighted by Crippen LogP contribution is 2.34. The van der Waals surface area contributed by atoms with Gasteiger partial charge in [-0.2, -0.15) is 0 Å². The van der Waals surface area contributed by atoms with Gasteiger partial charge in [-0.1, -0.05) is 0 Å². The zero-order valence-corrected chi connectivity index (χ0v) is 8.73. The van der Waals surface area contributed by atoms with Gasteiger partial charge >= 0.3 is 0 Å². The lowest BCUT2D eigenvalue weighted by atomic mass is 10.1. The number of nitrogen functional groups attached to an aromatic ring is 1. The highest BCUT2D eigenvalue weighted by molar-refractivity contribution is 5.85. The Morgan fingerprint density at radius 2 is 1.92 bits per heavy atom. The molecule has 1 aromatic rings. The van der Waals surface area contributed by atoms with Gasteiger partial charge in [0, 0.05) is 5.56 Å². The summed E-state index contributed by atoms with van der Waals surface area (Å²) in [6, 6.07) is 1.64. The van der Waals surface area contributed by atoms with Gasteiger partial charge < -0.3 is 15.6 Å². The molecule has 1 aromatic carbocycles. The van der Waals surface area contributed by atoms with Crippen LogP contribution < -0.4 is 10.5 Å². The first kappa shape index (κ1) is 11.9. The number of hydrogen-bond donors (Lipinski definition) is 2. The van der Waals surface area contributed by atoms with E-state index in [-0.39, 0.29) is 18.2 Å². The fourth-order valence-corrected chi connectivity index (χ4v) is 1.17. The van der Waals surface area contributed by atoms with Crippen LogP contribution >= 0.6 is 12.4 Å². The number of ether oxygens (including phenoxy) is 1. The average Bonchev–Trinajstić information content (AvgIpc) is 2.01. The second-order valence-corrected chi connectivity index (χ2v) is 2.78. The van der Waals surface area contributed by atoms with E-state index in [0.717, 1.165) is 5.56 Å². The Hall–Kier alpha value is -1.09. The second kappa shape index (κ2) is 4.23. The molecule has 0 aliphatic rings. The van der Waals surface area contributed by atoms with Gasteiger partial charge in [-0.15, -0.1) is 12.4 Å². The van der Waals surface area contributed by atoms with Crippen molar-refractivity contribution in [1.29, 1.82) is 0 Å². The monoisotopic (exact) mass is 203 g/mol. The molecular weight excluding hydrogens is 190 g/mol. The summed E-state index contributed by atoms with van der Waals surface area (Å²) in [4.78, 5) is 0. The predicted octanol–water partition coefficient (Wildman–Crippen LogP) is 2.02. The Morgan fingerprint density at radius 3 is 2.38 bits per heavy atom. The summed E-state index contributed by atoms with van der Waals surface area (Å²) in [6.45, 7) is 3.60. The molecule has 4 heteroatoms. The smallest absolute Gasteiger partial charge is 0.145 e. The van der Waals surface area contributed by atoms with Gasteiger partial charge in [0.15, 0.2) is 0 Å². The molecule has 0 unspecified atom stereocenters. The highest BCUT2D eigenvalue weighted by Gasteiger charge is 2.09. The lowest BCUT2D eigenvalue weighted by molar-refractivity contribution is 0.410. The van der Waals surface area contributed by atoms with Crippen LogP contribution in [0, 0.1) is 13.8 Å². The van der Waals surface area contributed by atoms with Crippen molar-refractivity contribution in [3.05, 3.63) is 17.2 Å². The van der Waals surface area contributed by atoms with Crippen LogP contribution in [0.1, 0.15) is 11.1 Å². The molecule has 1 rings (SSSR count). The van der Waals surface area contributed by atoms with Crippen molar-refractivity contribution in [2.75, 3.05) is 12.8 Å². The molecule has 0 aliphatic heterocycles. The van der Waals surface area contributed by atoms with Gasteiger partial charge in [-0.25, -0.2) is 0 Å². The third-order valence-electron chi connectivity index (χ3n) is 1.95. The molecule has 3 nitrogen and oxygen atoms in total. The molecule has 0 bridgehead atoms. The van der Waals surface area contributed by atoms with Crippen LogP contribution in [0.25, 0.3) is 0 Å². The van der Waals surface area contributed by atoms with E-state index < -0.39 is 0 Å². The molecule has 0 fully saturated rings. The number of rotatable bonds is 1. The zero-order valence-electron chi connectivity index (χ0n) is 7.92. The zero-order chi connectivity index (χ0) is 9.30. The highest BCUT2D eigenvalue weighted by atomic mass is 35.5. The van der Waals surface area contributed by atoms with Gasteiger partial charge in [0.05, 0.1) is 12.8 Å². The van der Waals surface area contributed by atoms with Crippen molar-refractivity contribution < 1.29 is 9.84 Å². The summed E-state index contributed by atoms with van der Waals surface area (Å²) in [7, 11) is 1.56. The van der Waals surface area contributed by atoms with Gasteiger partial charge in [0.1, 0.15) is 11.5 Å². The number of phenolic OH excluding ortho intramolecular Hbond substituents is 1. The van der Waals surface area contributed by atoms with Crippen LogP contribution in [0.5, 0.6) is 11.5 Å². The van der Waals surface area contributed by atoms with E-state index in [1.54, 1.807) is 20.1 Å². The number of methoxy groups -OCH3 is 1. The Kier molecular flexibility index (Phi) is 3.88. The number of phenols is 1. The average molecular weight is 204 g/mol. The molecule has 0 aliphatic carbocycles. The Balaban J connectivity index is 0.00000144. The quantitative estimate of drug-likeness (QED) is 0.687. The number of benzene rings is 1. The van der Waals surface area contributed by atoms with Crippen LogP contribution in [0.2, 0.25) is 0 Å². The van der Waals surface area contributed by atoms with Gasteiger partial charge in [-0.05, 0) is 25.5 Å². The van der Waals surface area contributed by atoms with E-state index >= 15 is 0 Å². The number of aromatic hydroxyl groups is 1. The predicted molar refractivity (Wildman–Crippen MR) is 55.8 cm³/mol. The van der Waals surface area contributed by atoms with Crippen LogP contribution in [0.15, 0.2) is 6.07 Å². The number of nitrogens with two attached hydrogens (primary N) is 1. The molecule has 0 saturated carbocycles. The van der Waals surface area contributed by atoms with Gasteiger partial charge in [0.25, 0.3) is 0 Å². The molecule has 0 heterocycles. The van der Waals surface area contributed by atoms with E-state index in [2.05, 4.69) is 0 Å². The standard InChI is InChI=1S/C9H13NO2.ClH/c1-5-4-7(11)6(2)8(10)9(5)12-3;/h4,11H,10H2,1-3H3;1H. The topological polar surface area (TPSA) is 55.5 Å². The molecule has 0 aromatic heterocycles. The lowest BCUT2D eigenvalue weighted by Gasteiger charge is -2.11. The third kappa shape index (κ3) is 1.98. The van der Waals surface area contributed by atoms with E-state index in [4.69, 9.17) is 10.5 Å². The SMILES string of the molecule is COc1c(C)cc(O)c(C)c1N.Cl. The maximum absolute atomic E-state index is 9.37. The summed E-state index contributed by atoms with van der Waals surface area (Å²) >= 11 is 0. The first-order valence-corrected chi connectivity index (χ1v) is 3.70. The van der Waals surface area contributed by atoms with Gasteiger partial charge in [-0.3, -0.25) is 0 Å². The van der Waals surface area contributed by atoms with Gasteiger partial charge in [0.2, 0.25) is 0 Å². The summed E-state index contributed by atoms with van der Waals surface area (Å²) in [5, 5.41) is 9.37. The first-order valence-electron chi connectivity index (χ1n) is 3.70. The summed E-state index contributed by atoms with van der Waals surface area (Å²) in [5.41, 5.74) is 7.73. The minimum Gasteiger partial charge on any atom is -0.508 e. The first-order chi connectivity index (χ1) is 5.57. The van der Waals surface area contributed by atoms with E-state index in [1.165, 1.54) is 0 Å². The molecule has 74 valence electrons. The summed E-state index contributed by atoms with van der Waals surface area (Å²) < 4.78 is 5.08. The minimum atomic E-state index is 0. The molecule has 0 amide bonds. The molecule has 0 radical (unpaired) electrons. The van der Waals surface area contributed by atoms with Crippen LogP contribution in [-0.4, -0.2) is 12.2 Å². The van der Waals surface area contributed by atoms with Crippen LogP contribution in [0.4, 0.5) is 5.69 Å². The molecule has 13 heavy (non-hydrogen) atoms. The maximum atomic E-state index is 9.37. The van der Waals surface area contributed by atoms with E-state index in [0.29, 0.717) is 17.0 Å². The Morgan fingerprint density at radius 1 is 1.38 bits per heavy atom. The second-order valence-electron chi connectivity index (χ2n) is 2.78. The third-order valence-corrected chi connectivity index (χ3v) is 1.95. The number of aryl methyl sites for hydroxylation is 1. The normalized spacial score (nSPS) is 9.15. The minimum absolute atomic E-state index is 0. The summed E-state index contributed by atoms with van der Waals surface area (Å²) in [6.07, 6.45) is 0. The molecule has 0 saturated heterocycles. The molecular formula is C9H14ClNO2. The fourth-order valence-electron chi connectivity index (χ4n) is 1.17. The van der Waals surface area contributed by atoms with Crippen molar-refractivity contribution in [2.45, 2.75) is 13.8 Å². The Labute approximate surface area is 83.9 Å². The fraction of sp³-hybridized carbons (Fsp3) is 0.333. The van der Waals surface area contributed by atoms with Crippen molar-refractivity contribution >= 4 is 18.1 Å². The Bertz CT molecular complexity index is 313. The van der Waals surface area contributed by atoms with Crippen molar-refractivity contribution in [3.8, 4) is 11.5 Å². The van der Waals surface area contributed by atoms with Crippen molar-refractivity contribution in [2.24, 2.45) is 0 Å². The van der Waals surface area contributed by atoms with Crippen molar-refractivity contribution in [1.82, 2.24) is 0 Å². The van der Waals surface area contributed by atoms with E-state index in [1.807, 2.05) is 6.92 Å². The molecule has 0 spiro atoms. The number of hydrogen-bond acceptors (Lipinski definition) is 3. The lowest BCUT2D eigenvalue weighted by Crippen LogP contribution is -1.97. The number of halogens is 1. The maximum Gasteiger partial charge on any atom is 0.145 e. The molecule has 0 atom stereocenters. The summed E-state index contributed by atoms with van der Waals surface area (Å²) in [5.74, 6) is 0.858. The largest absolute Gasteiger partial charge is 0.508 e. The number of anilines is 1. The van der Waals surface area contributed by atoms with Crippen LogP contribution in [0.3, 0.4) is 0 Å². The van der Waals surface area contributed by atoms with E-state index in [9.17, 15) is 5.11 Å². The van der Waals surface area contributed by atoms with Crippen molar-refractivity contribution in [3.63, 3.8) is 0 Å².